The summed E-state index contributed by atoms with van der Waals surface area (Å²) in [6.45, 7) is 6.57. The molecule has 1 heteroatoms. The molecule has 1 fully saturated rings. The first kappa shape index (κ1) is 12.6. The Bertz CT molecular complexity index is 394. The van der Waals surface area contributed by atoms with Gasteiger partial charge in [0.25, 0.3) is 0 Å². The van der Waals surface area contributed by atoms with Gasteiger partial charge in [-0.25, -0.2) is 0 Å². The molecule has 0 aromatic heterocycles. The van der Waals surface area contributed by atoms with Gasteiger partial charge in [-0.2, -0.15) is 0 Å². The summed E-state index contributed by atoms with van der Waals surface area (Å²) >= 11 is 0. The van der Waals surface area contributed by atoms with Crippen molar-refractivity contribution in [2.24, 2.45) is 5.41 Å². The molecule has 0 spiro atoms. The van der Waals surface area contributed by atoms with Gasteiger partial charge in [0.15, 0.2) is 0 Å². The SMILES string of the molecule is CCCc1cccc(C2(O)CCCC2(C)C)c1. The van der Waals surface area contributed by atoms with E-state index >= 15 is 0 Å². The molecular formula is C16H24O. The van der Waals surface area contributed by atoms with E-state index in [9.17, 15) is 5.11 Å². The van der Waals surface area contributed by atoms with E-state index in [0.717, 1.165) is 37.7 Å². The minimum Gasteiger partial charge on any atom is -0.385 e. The van der Waals surface area contributed by atoms with E-state index in [4.69, 9.17) is 0 Å². The molecule has 1 aliphatic carbocycles. The molecule has 0 amide bonds. The van der Waals surface area contributed by atoms with Crippen molar-refractivity contribution >= 4 is 0 Å². The van der Waals surface area contributed by atoms with Crippen molar-refractivity contribution in [2.75, 3.05) is 0 Å². The van der Waals surface area contributed by atoms with Crippen LogP contribution in [0.3, 0.4) is 0 Å². The summed E-state index contributed by atoms with van der Waals surface area (Å²) in [7, 11) is 0. The van der Waals surface area contributed by atoms with Gasteiger partial charge in [-0.05, 0) is 42.2 Å². The second kappa shape index (κ2) is 4.45. The van der Waals surface area contributed by atoms with Gasteiger partial charge < -0.3 is 5.11 Å². The van der Waals surface area contributed by atoms with Gasteiger partial charge >= 0.3 is 0 Å². The van der Waals surface area contributed by atoms with E-state index in [2.05, 4.69) is 45.0 Å². The highest BCUT2D eigenvalue weighted by molar-refractivity contribution is 5.31. The van der Waals surface area contributed by atoms with Crippen LogP contribution < -0.4 is 0 Å². The molecule has 1 aromatic carbocycles. The average Bonchev–Trinajstić information content (AvgIpc) is 2.56. The lowest BCUT2D eigenvalue weighted by Gasteiger charge is -2.37. The van der Waals surface area contributed by atoms with Gasteiger partial charge in [0.1, 0.15) is 0 Å². The molecule has 1 N–H and O–H groups in total. The lowest BCUT2D eigenvalue weighted by Crippen LogP contribution is -2.36. The molecule has 0 aliphatic heterocycles. The third kappa shape index (κ3) is 2.13. The van der Waals surface area contributed by atoms with Crippen molar-refractivity contribution in [1.29, 1.82) is 0 Å². The quantitative estimate of drug-likeness (QED) is 0.834. The Labute approximate surface area is 105 Å². The molecule has 94 valence electrons. The van der Waals surface area contributed by atoms with Crippen LogP contribution in [0.1, 0.15) is 57.6 Å². The zero-order chi connectivity index (χ0) is 12.5. The fraction of sp³-hybridized carbons (Fsp3) is 0.625. The zero-order valence-electron chi connectivity index (χ0n) is 11.3. The molecule has 1 unspecified atom stereocenters. The van der Waals surface area contributed by atoms with Crippen LogP contribution in [0.25, 0.3) is 0 Å². The van der Waals surface area contributed by atoms with Crippen molar-refractivity contribution in [1.82, 2.24) is 0 Å². The highest BCUT2D eigenvalue weighted by Gasteiger charge is 2.48. The van der Waals surface area contributed by atoms with E-state index in [1.54, 1.807) is 0 Å². The number of aryl methyl sites for hydroxylation is 1. The number of aliphatic hydroxyl groups is 1. The minimum atomic E-state index is -0.628. The molecule has 0 radical (unpaired) electrons. The van der Waals surface area contributed by atoms with E-state index in [1.807, 2.05) is 0 Å². The van der Waals surface area contributed by atoms with Gasteiger partial charge in [-0.15, -0.1) is 0 Å². The van der Waals surface area contributed by atoms with E-state index < -0.39 is 5.60 Å². The van der Waals surface area contributed by atoms with E-state index in [0.29, 0.717) is 0 Å². The second-order valence-electron chi connectivity index (χ2n) is 6.05. The fourth-order valence-electron chi connectivity index (χ4n) is 3.14. The van der Waals surface area contributed by atoms with E-state index in [1.165, 1.54) is 5.56 Å². The molecular weight excluding hydrogens is 208 g/mol. The van der Waals surface area contributed by atoms with Gasteiger partial charge in [-0.3, -0.25) is 0 Å². The van der Waals surface area contributed by atoms with Crippen molar-refractivity contribution in [3.63, 3.8) is 0 Å². The largest absolute Gasteiger partial charge is 0.385 e. The van der Waals surface area contributed by atoms with Crippen molar-refractivity contribution in [3.05, 3.63) is 35.4 Å². The maximum Gasteiger partial charge on any atom is 0.0947 e. The highest BCUT2D eigenvalue weighted by Crippen LogP contribution is 2.52. The Morgan fingerprint density at radius 3 is 2.59 bits per heavy atom. The summed E-state index contributed by atoms with van der Waals surface area (Å²) in [5.74, 6) is 0. The lowest BCUT2D eigenvalue weighted by molar-refractivity contribution is -0.0485. The Morgan fingerprint density at radius 1 is 1.24 bits per heavy atom. The predicted octanol–water partition coefficient (Wildman–Crippen LogP) is 4.04. The van der Waals surface area contributed by atoms with Crippen LogP contribution in [0.5, 0.6) is 0 Å². The normalized spacial score (nSPS) is 27.3. The van der Waals surface area contributed by atoms with E-state index in [-0.39, 0.29) is 5.41 Å². The van der Waals surface area contributed by atoms with Gasteiger partial charge in [0.2, 0.25) is 0 Å². The molecule has 1 aromatic rings. The standard InChI is InChI=1S/C16H24O/c1-4-7-13-8-5-9-14(12-13)16(17)11-6-10-15(16,2)3/h5,8-9,12,17H,4,6-7,10-11H2,1-3H3. The summed E-state index contributed by atoms with van der Waals surface area (Å²) in [5, 5.41) is 11.0. The topological polar surface area (TPSA) is 20.2 Å². The van der Waals surface area contributed by atoms with Crippen molar-refractivity contribution in [2.45, 2.75) is 58.5 Å². The Kier molecular flexibility index (Phi) is 3.31. The average molecular weight is 232 g/mol. The number of hydrogen-bond donors (Lipinski definition) is 1. The minimum absolute atomic E-state index is 0.00214. The molecule has 2 rings (SSSR count). The molecule has 1 nitrogen and oxygen atoms in total. The van der Waals surface area contributed by atoms with Gasteiger partial charge in [0.05, 0.1) is 5.60 Å². The molecule has 17 heavy (non-hydrogen) atoms. The Hall–Kier alpha value is -0.820. The van der Waals surface area contributed by atoms with Crippen LogP contribution in [-0.4, -0.2) is 5.11 Å². The van der Waals surface area contributed by atoms with Gasteiger partial charge in [0, 0.05) is 0 Å². The summed E-state index contributed by atoms with van der Waals surface area (Å²) in [6.07, 6.45) is 5.40. The van der Waals surface area contributed by atoms with Crippen molar-refractivity contribution < 1.29 is 5.11 Å². The molecule has 0 heterocycles. The van der Waals surface area contributed by atoms with Crippen LogP contribution in [0, 0.1) is 5.41 Å². The summed E-state index contributed by atoms with van der Waals surface area (Å²) < 4.78 is 0. The molecule has 0 bridgehead atoms. The molecule has 1 saturated carbocycles. The second-order valence-corrected chi connectivity index (χ2v) is 6.05. The van der Waals surface area contributed by atoms with Crippen LogP contribution in [0.15, 0.2) is 24.3 Å². The molecule has 1 atom stereocenters. The van der Waals surface area contributed by atoms with Crippen LogP contribution in [0.4, 0.5) is 0 Å². The first-order valence-corrected chi connectivity index (χ1v) is 6.81. The number of benzene rings is 1. The third-order valence-electron chi connectivity index (χ3n) is 4.40. The van der Waals surface area contributed by atoms with Crippen molar-refractivity contribution in [3.8, 4) is 0 Å². The maximum atomic E-state index is 11.0. The number of hydrogen-bond acceptors (Lipinski definition) is 1. The number of rotatable bonds is 3. The van der Waals surface area contributed by atoms with Crippen LogP contribution in [-0.2, 0) is 12.0 Å². The smallest absolute Gasteiger partial charge is 0.0947 e. The Morgan fingerprint density at radius 2 is 2.00 bits per heavy atom. The molecule has 1 aliphatic rings. The van der Waals surface area contributed by atoms with Gasteiger partial charge in [-0.1, -0.05) is 51.5 Å². The monoisotopic (exact) mass is 232 g/mol. The van der Waals surface area contributed by atoms with Crippen LogP contribution >= 0.6 is 0 Å². The Balaban J connectivity index is 2.36. The third-order valence-corrected chi connectivity index (χ3v) is 4.40. The summed E-state index contributed by atoms with van der Waals surface area (Å²) in [5.41, 5.74) is 1.83. The first-order chi connectivity index (χ1) is 7.99. The van der Waals surface area contributed by atoms with Crippen LogP contribution in [0.2, 0.25) is 0 Å². The molecule has 0 saturated heterocycles. The fourth-order valence-corrected chi connectivity index (χ4v) is 3.14. The highest BCUT2D eigenvalue weighted by atomic mass is 16.3. The summed E-state index contributed by atoms with van der Waals surface area (Å²) in [6, 6.07) is 8.55. The predicted molar refractivity (Wildman–Crippen MR) is 72.0 cm³/mol. The summed E-state index contributed by atoms with van der Waals surface area (Å²) in [4.78, 5) is 0. The maximum absolute atomic E-state index is 11.0. The lowest BCUT2D eigenvalue weighted by atomic mass is 9.73. The zero-order valence-corrected chi connectivity index (χ0v) is 11.3. The first-order valence-electron chi connectivity index (χ1n) is 6.81.